The molecule has 1 unspecified atom stereocenters. The molecule has 0 radical (unpaired) electrons. The van der Waals surface area contributed by atoms with Crippen molar-refractivity contribution in [2.24, 2.45) is 5.92 Å². The number of aromatic nitrogens is 1. The minimum Gasteiger partial charge on any atom is -0.396 e. The lowest BCUT2D eigenvalue weighted by atomic mass is 10.0. The molecule has 0 fully saturated rings. The topological polar surface area (TPSA) is 62.2 Å². The second kappa shape index (κ2) is 7.82. The van der Waals surface area contributed by atoms with Crippen molar-refractivity contribution in [3.63, 3.8) is 0 Å². The van der Waals surface area contributed by atoms with Crippen molar-refractivity contribution in [3.05, 3.63) is 30.1 Å². The van der Waals surface area contributed by atoms with Crippen LogP contribution in [0.3, 0.4) is 0 Å². The summed E-state index contributed by atoms with van der Waals surface area (Å²) in [5.41, 5.74) is 0.927. The zero-order valence-corrected chi connectivity index (χ0v) is 11.1. The van der Waals surface area contributed by atoms with E-state index in [4.69, 9.17) is 5.11 Å². The monoisotopic (exact) mass is 250 g/mol. The SMILES string of the molecule is CC(C)C(CCO)NC(=O)CCc1ccccn1. The van der Waals surface area contributed by atoms with Crippen LogP contribution in [0.2, 0.25) is 0 Å². The Balaban J connectivity index is 2.36. The van der Waals surface area contributed by atoms with Gasteiger partial charge in [0, 0.05) is 31.0 Å². The molecule has 0 saturated carbocycles. The van der Waals surface area contributed by atoms with Gasteiger partial charge in [-0.2, -0.15) is 0 Å². The van der Waals surface area contributed by atoms with E-state index in [2.05, 4.69) is 10.3 Å². The molecule has 1 amide bonds. The fraction of sp³-hybridized carbons (Fsp3) is 0.571. The number of rotatable bonds is 7. The third kappa shape index (κ3) is 5.27. The second-order valence-electron chi connectivity index (χ2n) is 4.75. The Kier molecular flexibility index (Phi) is 6.36. The number of amides is 1. The Morgan fingerprint density at radius 3 is 2.78 bits per heavy atom. The molecular formula is C14H22N2O2. The first-order valence-electron chi connectivity index (χ1n) is 6.43. The van der Waals surface area contributed by atoms with Crippen molar-refractivity contribution in [1.82, 2.24) is 10.3 Å². The van der Waals surface area contributed by atoms with Crippen LogP contribution in [0.5, 0.6) is 0 Å². The quantitative estimate of drug-likeness (QED) is 0.771. The summed E-state index contributed by atoms with van der Waals surface area (Å²) in [4.78, 5) is 16.0. The van der Waals surface area contributed by atoms with Crippen LogP contribution in [0.15, 0.2) is 24.4 Å². The molecule has 4 heteroatoms. The van der Waals surface area contributed by atoms with Crippen LogP contribution in [0, 0.1) is 5.92 Å². The first-order valence-corrected chi connectivity index (χ1v) is 6.43. The summed E-state index contributed by atoms with van der Waals surface area (Å²) < 4.78 is 0. The number of carbonyl (C=O) groups excluding carboxylic acids is 1. The van der Waals surface area contributed by atoms with E-state index in [1.165, 1.54) is 0 Å². The van der Waals surface area contributed by atoms with Gasteiger partial charge in [0.15, 0.2) is 0 Å². The van der Waals surface area contributed by atoms with Gasteiger partial charge in [-0.3, -0.25) is 9.78 Å². The molecule has 1 aromatic heterocycles. The number of hydrogen-bond acceptors (Lipinski definition) is 3. The summed E-state index contributed by atoms with van der Waals surface area (Å²) in [6.45, 7) is 4.18. The largest absolute Gasteiger partial charge is 0.396 e. The molecule has 0 aliphatic carbocycles. The van der Waals surface area contributed by atoms with Gasteiger partial charge >= 0.3 is 0 Å². The minimum absolute atomic E-state index is 0.0211. The Morgan fingerprint density at radius 1 is 1.44 bits per heavy atom. The van der Waals surface area contributed by atoms with Gasteiger partial charge in [0.05, 0.1) is 0 Å². The van der Waals surface area contributed by atoms with E-state index in [1.54, 1.807) is 6.20 Å². The number of carbonyl (C=O) groups is 1. The number of aliphatic hydroxyl groups excluding tert-OH is 1. The Hall–Kier alpha value is -1.42. The van der Waals surface area contributed by atoms with Crippen molar-refractivity contribution in [3.8, 4) is 0 Å². The number of pyridine rings is 1. The van der Waals surface area contributed by atoms with Crippen LogP contribution in [-0.4, -0.2) is 28.6 Å². The molecule has 1 atom stereocenters. The summed E-state index contributed by atoms with van der Waals surface area (Å²) in [6.07, 6.45) is 3.42. The summed E-state index contributed by atoms with van der Waals surface area (Å²) in [5, 5.41) is 11.9. The van der Waals surface area contributed by atoms with Crippen LogP contribution < -0.4 is 5.32 Å². The van der Waals surface area contributed by atoms with Gasteiger partial charge in [0.2, 0.25) is 5.91 Å². The highest BCUT2D eigenvalue weighted by molar-refractivity contribution is 5.76. The van der Waals surface area contributed by atoms with E-state index in [-0.39, 0.29) is 18.6 Å². The van der Waals surface area contributed by atoms with E-state index >= 15 is 0 Å². The maximum absolute atomic E-state index is 11.8. The van der Waals surface area contributed by atoms with Gasteiger partial charge in [-0.05, 0) is 30.9 Å². The molecular weight excluding hydrogens is 228 g/mol. The van der Waals surface area contributed by atoms with E-state index in [0.29, 0.717) is 25.2 Å². The van der Waals surface area contributed by atoms with E-state index in [1.807, 2.05) is 32.0 Å². The molecule has 0 bridgehead atoms. The van der Waals surface area contributed by atoms with Crippen molar-refractivity contribution in [1.29, 1.82) is 0 Å². The van der Waals surface area contributed by atoms with E-state index < -0.39 is 0 Å². The Morgan fingerprint density at radius 2 is 2.22 bits per heavy atom. The van der Waals surface area contributed by atoms with Crippen molar-refractivity contribution in [2.45, 2.75) is 39.2 Å². The Labute approximate surface area is 108 Å². The van der Waals surface area contributed by atoms with E-state index in [0.717, 1.165) is 5.69 Å². The molecule has 0 aromatic carbocycles. The van der Waals surface area contributed by atoms with Crippen molar-refractivity contribution >= 4 is 5.91 Å². The van der Waals surface area contributed by atoms with Gasteiger partial charge in [-0.1, -0.05) is 19.9 Å². The fourth-order valence-electron chi connectivity index (χ4n) is 1.78. The van der Waals surface area contributed by atoms with Gasteiger partial charge in [-0.25, -0.2) is 0 Å². The number of aryl methyl sites for hydroxylation is 1. The van der Waals surface area contributed by atoms with Crippen LogP contribution in [0.4, 0.5) is 0 Å². The molecule has 1 rings (SSSR count). The standard InChI is InChI=1S/C14H22N2O2/c1-11(2)13(8-10-17)16-14(18)7-6-12-5-3-4-9-15-12/h3-5,9,11,13,17H,6-8,10H2,1-2H3,(H,16,18). The summed E-state index contributed by atoms with van der Waals surface area (Å²) in [6, 6.07) is 5.75. The lowest BCUT2D eigenvalue weighted by molar-refractivity contribution is -0.122. The predicted octanol–water partition coefficient (Wildman–Crippen LogP) is 1.54. The molecule has 0 saturated heterocycles. The molecule has 1 aromatic rings. The van der Waals surface area contributed by atoms with Crippen LogP contribution >= 0.6 is 0 Å². The summed E-state index contributed by atoms with van der Waals surface area (Å²) >= 11 is 0. The van der Waals surface area contributed by atoms with Gasteiger partial charge < -0.3 is 10.4 Å². The molecule has 2 N–H and O–H groups in total. The third-order valence-electron chi connectivity index (χ3n) is 2.93. The highest BCUT2D eigenvalue weighted by Gasteiger charge is 2.15. The third-order valence-corrected chi connectivity index (χ3v) is 2.93. The molecule has 0 spiro atoms. The number of nitrogens with zero attached hydrogens (tertiary/aromatic N) is 1. The fourth-order valence-corrected chi connectivity index (χ4v) is 1.78. The van der Waals surface area contributed by atoms with Crippen molar-refractivity contribution in [2.75, 3.05) is 6.61 Å². The van der Waals surface area contributed by atoms with Gasteiger partial charge in [-0.15, -0.1) is 0 Å². The average Bonchev–Trinajstić information content (AvgIpc) is 2.37. The van der Waals surface area contributed by atoms with Crippen LogP contribution in [-0.2, 0) is 11.2 Å². The molecule has 100 valence electrons. The lowest BCUT2D eigenvalue weighted by Crippen LogP contribution is -2.39. The van der Waals surface area contributed by atoms with Crippen LogP contribution in [0.25, 0.3) is 0 Å². The lowest BCUT2D eigenvalue weighted by Gasteiger charge is -2.21. The smallest absolute Gasteiger partial charge is 0.220 e. The highest BCUT2D eigenvalue weighted by Crippen LogP contribution is 2.06. The molecule has 1 heterocycles. The van der Waals surface area contributed by atoms with Crippen molar-refractivity contribution < 1.29 is 9.90 Å². The first kappa shape index (κ1) is 14.6. The zero-order chi connectivity index (χ0) is 13.4. The second-order valence-corrected chi connectivity index (χ2v) is 4.75. The highest BCUT2D eigenvalue weighted by atomic mass is 16.3. The summed E-state index contributed by atoms with van der Waals surface area (Å²) in [5.74, 6) is 0.351. The van der Waals surface area contributed by atoms with E-state index in [9.17, 15) is 4.79 Å². The predicted molar refractivity (Wildman–Crippen MR) is 71.0 cm³/mol. The minimum atomic E-state index is 0.0211. The van der Waals surface area contributed by atoms with Gasteiger partial charge in [0.25, 0.3) is 0 Å². The van der Waals surface area contributed by atoms with Crippen LogP contribution in [0.1, 0.15) is 32.4 Å². The first-order chi connectivity index (χ1) is 8.63. The molecule has 0 aliphatic rings. The molecule has 4 nitrogen and oxygen atoms in total. The zero-order valence-electron chi connectivity index (χ0n) is 11.1. The Bertz CT molecular complexity index is 352. The summed E-state index contributed by atoms with van der Waals surface area (Å²) in [7, 11) is 0. The average molecular weight is 250 g/mol. The number of nitrogens with one attached hydrogen (secondary N) is 1. The van der Waals surface area contributed by atoms with Gasteiger partial charge in [0.1, 0.15) is 0 Å². The number of hydrogen-bond donors (Lipinski definition) is 2. The number of aliphatic hydroxyl groups is 1. The molecule has 18 heavy (non-hydrogen) atoms. The maximum Gasteiger partial charge on any atom is 0.220 e. The molecule has 0 aliphatic heterocycles. The normalized spacial score (nSPS) is 12.4. The maximum atomic E-state index is 11.8.